The first-order chi connectivity index (χ1) is 9.66. The average molecular weight is 279 g/mol. The van der Waals surface area contributed by atoms with Gasteiger partial charge in [0.05, 0.1) is 12.7 Å². The summed E-state index contributed by atoms with van der Waals surface area (Å²) in [5.41, 5.74) is 0. The zero-order valence-electron chi connectivity index (χ0n) is 12.5. The minimum atomic E-state index is 0.209. The van der Waals surface area contributed by atoms with Crippen molar-refractivity contribution in [1.82, 2.24) is 25.2 Å². The van der Waals surface area contributed by atoms with Gasteiger partial charge in [0.2, 0.25) is 5.91 Å². The molecule has 1 saturated heterocycles. The minimum Gasteiger partial charge on any atom is -0.340 e. The number of amides is 1. The van der Waals surface area contributed by atoms with Crippen molar-refractivity contribution < 1.29 is 4.79 Å². The van der Waals surface area contributed by atoms with E-state index >= 15 is 0 Å². The highest BCUT2D eigenvalue weighted by Gasteiger charge is 2.22. The first kappa shape index (κ1) is 15.0. The molecule has 20 heavy (non-hydrogen) atoms. The van der Waals surface area contributed by atoms with Crippen molar-refractivity contribution in [2.24, 2.45) is 5.92 Å². The summed E-state index contributed by atoms with van der Waals surface area (Å²) in [7, 11) is 0. The number of hydrogen-bond acceptors (Lipinski definition) is 4. The molecule has 1 aromatic heterocycles. The van der Waals surface area contributed by atoms with Crippen molar-refractivity contribution in [3.8, 4) is 0 Å². The van der Waals surface area contributed by atoms with Crippen LogP contribution in [-0.2, 0) is 11.3 Å². The van der Waals surface area contributed by atoms with Gasteiger partial charge in [-0.15, -0.1) is 5.10 Å². The predicted octanol–water partition coefficient (Wildman–Crippen LogP) is 0.905. The van der Waals surface area contributed by atoms with Crippen molar-refractivity contribution in [3.63, 3.8) is 0 Å². The summed E-state index contributed by atoms with van der Waals surface area (Å²) >= 11 is 0. The van der Waals surface area contributed by atoms with Gasteiger partial charge in [0.1, 0.15) is 0 Å². The molecule has 0 spiro atoms. The number of carbonyl (C=O) groups is 1. The highest BCUT2D eigenvalue weighted by Crippen LogP contribution is 2.14. The number of hydrogen-bond donors (Lipinski definition) is 1. The molecule has 1 amide bonds. The van der Waals surface area contributed by atoms with Gasteiger partial charge in [0.25, 0.3) is 0 Å². The number of rotatable bonds is 6. The van der Waals surface area contributed by atoms with Crippen LogP contribution in [0.5, 0.6) is 0 Å². The lowest BCUT2D eigenvalue weighted by Crippen LogP contribution is -2.44. The van der Waals surface area contributed by atoms with Gasteiger partial charge >= 0.3 is 0 Å². The van der Waals surface area contributed by atoms with Gasteiger partial charge in [-0.25, -0.2) is 0 Å². The van der Waals surface area contributed by atoms with Crippen molar-refractivity contribution in [1.29, 1.82) is 0 Å². The van der Waals surface area contributed by atoms with Crippen LogP contribution in [0.1, 0.15) is 33.1 Å². The van der Waals surface area contributed by atoms with Crippen LogP contribution in [0.2, 0.25) is 0 Å². The Kier molecular flexibility index (Phi) is 5.52. The zero-order valence-corrected chi connectivity index (χ0v) is 12.5. The third-order valence-electron chi connectivity index (χ3n) is 3.82. The number of nitrogens with one attached hydrogen (secondary N) is 1. The fourth-order valence-electron chi connectivity index (χ4n) is 2.66. The molecule has 1 aromatic rings. The SMILES string of the molecule is CC(C)N(CC1CCCNC1)C(=O)CCn1ccnn1. The highest BCUT2D eigenvalue weighted by atomic mass is 16.2. The van der Waals surface area contributed by atoms with Crippen LogP contribution in [0.25, 0.3) is 0 Å². The third-order valence-corrected chi connectivity index (χ3v) is 3.82. The van der Waals surface area contributed by atoms with E-state index in [2.05, 4.69) is 29.5 Å². The molecule has 1 atom stereocenters. The van der Waals surface area contributed by atoms with Crippen LogP contribution in [0, 0.1) is 5.92 Å². The van der Waals surface area contributed by atoms with Gasteiger partial charge in [-0.05, 0) is 45.7 Å². The Hall–Kier alpha value is -1.43. The van der Waals surface area contributed by atoms with E-state index in [9.17, 15) is 4.79 Å². The Bertz CT molecular complexity index is 398. The smallest absolute Gasteiger partial charge is 0.224 e. The van der Waals surface area contributed by atoms with Gasteiger partial charge < -0.3 is 10.2 Å². The molecule has 1 unspecified atom stereocenters. The van der Waals surface area contributed by atoms with E-state index in [1.54, 1.807) is 17.1 Å². The van der Waals surface area contributed by atoms with E-state index in [0.717, 1.165) is 19.6 Å². The van der Waals surface area contributed by atoms with Crippen LogP contribution in [-0.4, -0.2) is 51.5 Å². The van der Waals surface area contributed by atoms with Crippen molar-refractivity contribution in [3.05, 3.63) is 12.4 Å². The summed E-state index contributed by atoms with van der Waals surface area (Å²) in [4.78, 5) is 14.4. The molecule has 0 aromatic carbocycles. The second-order valence-corrected chi connectivity index (χ2v) is 5.77. The zero-order chi connectivity index (χ0) is 14.4. The Labute approximate surface area is 120 Å². The van der Waals surface area contributed by atoms with E-state index in [1.165, 1.54) is 12.8 Å². The van der Waals surface area contributed by atoms with E-state index in [1.807, 2.05) is 4.90 Å². The number of piperidine rings is 1. The van der Waals surface area contributed by atoms with Gasteiger partial charge in [-0.2, -0.15) is 0 Å². The minimum absolute atomic E-state index is 0.209. The number of aryl methyl sites for hydroxylation is 1. The topological polar surface area (TPSA) is 63.1 Å². The molecule has 1 N–H and O–H groups in total. The second kappa shape index (κ2) is 7.38. The summed E-state index contributed by atoms with van der Waals surface area (Å²) < 4.78 is 1.71. The lowest BCUT2D eigenvalue weighted by molar-refractivity contribution is -0.134. The van der Waals surface area contributed by atoms with Crippen LogP contribution in [0.3, 0.4) is 0 Å². The van der Waals surface area contributed by atoms with E-state index in [-0.39, 0.29) is 11.9 Å². The van der Waals surface area contributed by atoms with E-state index < -0.39 is 0 Å². The van der Waals surface area contributed by atoms with Gasteiger partial charge in [0.15, 0.2) is 0 Å². The maximum absolute atomic E-state index is 12.4. The van der Waals surface area contributed by atoms with Crippen molar-refractivity contribution >= 4 is 5.91 Å². The van der Waals surface area contributed by atoms with Crippen molar-refractivity contribution in [2.75, 3.05) is 19.6 Å². The largest absolute Gasteiger partial charge is 0.340 e. The molecule has 112 valence electrons. The molecule has 0 radical (unpaired) electrons. The standard InChI is InChI=1S/C14H25N5O/c1-12(2)19(11-13-4-3-6-15-10-13)14(20)5-8-18-9-7-16-17-18/h7,9,12-13,15H,3-6,8,10-11H2,1-2H3. The number of carbonyl (C=O) groups excluding carboxylic acids is 1. The molecular formula is C14H25N5O. The monoisotopic (exact) mass is 279 g/mol. The quantitative estimate of drug-likeness (QED) is 0.840. The Morgan fingerprint density at radius 2 is 2.40 bits per heavy atom. The van der Waals surface area contributed by atoms with Crippen LogP contribution < -0.4 is 5.32 Å². The molecule has 2 heterocycles. The Morgan fingerprint density at radius 3 is 3.00 bits per heavy atom. The summed E-state index contributed by atoms with van der Waals surface area (Å²) in [6, 6.07) is 0.250. The molecular weight excluding hydrogens is 254 g/mol. The fourth-order valence-corrected chi connectivity index (χ4v) is 2.66. The summed E-state index contributed by atoms with van der Waals surface area (Å²) in [6.45, 7) is 7.77. The van der Waals surface area contributed by atoms with Crippen LogP contribution in [0.15, 0.2) is 12.4 Å². The second-order valence-electron chi connectivity index (χ2n) is 5.77. The molecule has 1 aliphatic heterocycles. The normalized spacial score (nSPS) is 19.2. The van der Waals surface area contributed by atoms with Crippen molar-refractivity contribution in [2.45, 2.75) is 45.7 Å². The Morgan fingerprint density at radius 1 is 1.55 bits per heavy atom. The van der Waals surface area contributed by atoms with Crippen LogP contribution >= 0.6 is 0 Å². The first-order valence-electron chi connectivity index (χ1n) is 7.51. The molecule has 1 aliphatic rings. The highest BCUT2D eigenvalue weighted by molar-refractivity contribution is 5.76. The van der Waals surface area contributed by atoms with Gasteiger partial charge in [0, 0.05) is 25.2 Å². The van der Waals surface area contributed by atoms with Gasteiger partial charge in [-0.3, -0.25) is 9.48 Å². The average Bonchev–Trinajstić information content (AvgIpc) is 2.96. The first-order valence-corrected chi connectivity index (χ1v) is 7.51. The lowest BCUT2D eigenvalue weighted by Gasteiger charge is -2.33. The van der Waals surface area contributed by atoms with Crippen LogP contribution in [0.4, 0.5) is 0 Å². The molecule has 6 heteroatoms. The summed E-state index contributed by atoms with van der Waals surface area (Å²) in [5, 5.41) is 11.1. The molecule has 1 fully saturated rings. The molecule has 0 saturated carbocycles. The number of nitrogens with zero attached hydrogens (tertiary/aromatic N) is 4. The molecule has 0 bridgehead atoms. The molecule has 2 rings (SSSR count). The predicted molar refractivity (Wildman–Crippen MR) is 77.1 cm³/mol. The van der Waals surface area contributed by atoms with Gasteiger partial charge in [-0.1, -0.05) is 5.21 Å². The van der Waals surface area contributed by atoms with E-state index in [4.69, 9.17) is 0 Å². The maximum atomic E-state index is 12.4. The molecule has 6 nitrogen and oxygen atoms in total. The maximum Gasteiger partial charge on any atom is 0.224 e. The fraction of sp³-hybridized carbons (Fsp3) is 0.786. The summed E-state index contributed by atoms with van der Waals surface area (Å²) in [5.74, 6) is 0.794. The van der Waals surface area contributed by atoms with E-state index in [0.29, 0.717) is 18.9 Å². The third kappa shape index (κ3) is 4.30. The number of aromatic nitrogens is 3. The Balaban J connectivity index is 1.84. The summed E-state index contributed by atoms with van der Waals surface area (Å²) in [6.07, 6.45) is 6.34. The molecule has 0 aliphatic carbocycles. The lowest BCUT2D eigenvalue weighted by atomic mass is 9.98.